The largest absolute Gasteiger partial charge is 0.224 e. The highest BCUT2D eigenvalue weighted by molar-refractivity contribution is 7.90. The van der Waals surface area contributed by atoms with Gasteiger partial charge in [0.15, 0.2) is 9.84 Å². The van der Waals surface area contributed by atoms with Crippen LogP contribution in [-0.4, -0.2) is 14.7 Å². The summed E-state index contributed by atoms with van der Waals surface area (Å²) in [5.41, 5.74) is 4.10. The van der Waals surface area contributed by atoms with Crippen LogP contribution in [0.5, 0.6) is 0 Å². The Balaban J connectivity index is 2.15. The van der Waals surface area contributed by atoms with Crippen LogP contribution >= 0.6 is 0 Å². The number of hydrogen-bond donors (Lipinski definition) is 0. The molecular formula is C19H16F2O2S. The van der Waals surface area contributed by atoms with E-state index >= 15 is 0 Å². The van der Waals surface area contributed by atoms with Gasteiger partial charge in [-0.25, -0.2) is 17.2 Å². The first-order chi connectivity index (χ1) is 11.3. The van der Waals surface area contributed by atoms with Gasteiger partial charge in [-0.2, -0.15) is 0 Å². The summed E-state index contributed by atoms with van der Waals surface area (Å²) < 4.78 is 51.4. The van der Waals surface area contributed by atoms with E-state index in [1.54, 1.807) is 0 Å². The van der Waals surface area contributed by atoms with Crippen LogP contribution in [0.25, 0.3) is 11.1 Å². The van der Waals surface area contributed by atoms with Crippen LogP contribution in [0.4, 0.5) is 8.78 Å². The average Bonchev–Trinajstić information content (AvgIpc) is 2.95. The predicted octanol–water partition coefficient (Wildman–Crippen LogP) is 4.55. The molecule has 0 N–H and O–H groups in total. The topological polar surface area (TPSA) is 34.1 Å². The Hall–Kier alpha value is -2.27. The van der Waals surface area contributed by atoms with Gasteiger partial charge in [-0.05, 0) is 47.8 Å². The number of hydrogen-bond acceptors (Lipinski definition) is 2. The summed E-state index contributed by atoms with van der Waals surface area (Å²) in [6, 6.07) is 10.0. The summed E-state index contributed by atoms with van der Waals surface area (Å²) in [5.74, 6) is -2.12. The molecule has 0 atom stereocenters. The Morgan fingerprint density at radius 1 is 0.958 bits per heavy atom. The number of rotatable bonds is 3. The minimum Gasteiger partial charge on any atom is -0.224 e. The van der Waals surface area contributed by atoms with Gasteiger partial charge in [-0.15, -0.1) is 0 Å². The Morgan fingerprint density at radius 3 is 2.08 bits per heavy atom. The molecule has 0 heterocycles. The summed E-state index contributed by atoms with van der Waals surface area (Å²) in [6.45, 7) is 1.98. The molecule has 0 unspecified atom stereocenters. The van der Waals surface area contributed by atoms with Gasteiger partial charge in [0.1, 0.15) is 16.5 Å². The van der Waals surface area contributed by atoms with Crippen molar-refractivity contribution in [2.24, 2.45) is 0 Å². The maximum Gasteiger partial charge on any atom is 0.181 e. The number of allylic oxidation sites excluding steroid dienone is 4. The molecule has 0 saturated heterocycles. The molecule has 0 aromatic heterocycles. The first-order valence-corrected chi connectivity index (χ1v) is 9.32. The zero-order valence-electron chi connectivity index (χ0n) is 13.3. The van der Waals surface area contributed by atoms with E-state index in [2.05, 4.69) is 0 Å². The lowest BCUT2D eigenvalue weighted by Gasteiger charge is -2.11. The molecule has 2 nitrogen and oxygen atoms in total. The second-order valence-corrected chi connectivity index (χ2v) is 7.86. The van der Waals surface area contributed by atoms with Crippen LogP contribution in [0.3, 0.4) is 0 Å². The molecule has 1 aliphatic carbocycles. The molecule has 0 fully saturated rings. The molecule has 3 rings (SSSR count). The Bertz CT molecular complexity index is 946. The number of sulfone groups is 1. The second-order valence-electron chi connectivity index (χ2n) is 5.91. The van der Waals surface area contributed by atoms with Crippen molar-refractivity contribution >= 4 is 21.0 Å². The Kier molecular flexibility index (Phi) is 4.13. The zero-order valence-corrected chi connectivity index (χ0v) is 14.1. The van der Waals surface area contributed by atoms with E-state index in [1.807, 2.05) is 43.3 Å². The first-order valence-electron chi connectivity index (χ1n) is 7.43. The first kappa shape index (κ1) is 16.6. The fourth-order valence-electron chi connectivity index (χ4n) is 2.87. The second kappa shape index (κ2) is 5.98. The SMILES string of the molecule is Cc1ccc(C2=C(c3cc(F)c(S(C)(=O)=O)c(F)c3)CC=C2)cc1. The quantitative estimate of drug-likeness (QED) is 0.817. The summed E-state index contributed by atoms with van der Waals surface area (Å²) in [5, 5.41) is 0. The summed E-state index contributed by atoms with van der Waals surface area (Å²) in [7, 11) is -3.96. The summed E-state index contributed by atoms with van der Waals surface area (Å²) in [6.07, 6.45) is 5.17. The minimum atomic E-state index is -3.96. The van der Waals surface area contributed by atoms with Crippen LogP contribution in [0.1, 0.15) is 23.1 Å². The maximum absolute atomic E-state index is 14.2. The molecular weight excluding hydrogens is 330 g/mol. The lowest BCUT2D eigenvalue weighted by atomic mass is 9.96. The van der Waals surface area contributed by atoms with E-state index in [4.69, 9.17) is 0 Å². The van der Waals surface area contributed by atoms with Gasteiger partial charge < -0.3 is 0 Å². The van der Waals surface area contributed by atoms with Gasteiger partial charge in [0.25, 0.3) is 0 Å². The summed E-state index contributed by atoms with van der Waals surface area (Å²) >= 11 is 0. The van der Waals surface area contributed by atoms with Gasteiger partial charge >= 0.3 is 0 Å². The van der Waals surface area contributed by atoms with Gasteiger partial charge in [-0.3, -0.25) is 0 Å². The monoisotopic (exact) mass is 346 g/mol. The van der Waals surface area contributed by atoms with Crippen LogP contribution in [0.15, 0.2) is 53.4 Å². The highest BCUT2D eigenvalue weighted by Crippen LogP contribution is 2.36. The standard InChI is InChI=1S/C19H16F2O2S/c1-12-6-8-13(9-7-12)15-4-3-5-16(15)14-10-17(20)19(18(21)11-14)24(2,22)23/h3-4,6-11H,5H2,1-2H3. The van der Waals surface area contributed by atoms with E-state index in [0.29, 0.717) is 12.0 Å². The lowest BCUT2D eigenvalue weighted by Crippen LogP contribution is -2.05. The van der Waals surface area contributed by atoms with Gasteiger partial charge in [0, 0.05) is 6.26 Å². The van der Waals surface area contributed by atoms with Crippen LogP contribution in [0, 0.1) is 18.6 Å². The number of aryl methyl sites for hydroxylation is 1. The van der Waals surface area contributed by atoms with Crippen molar-refractivity contribution in [2.45, 2.75) is 18.2 Å². The van der Waals surface area contributed by atoms with Crippen LogP contribution < -0.4 is 0 Å². The predicted molar refractivity (Wildman–Crippen MR) is 91.2 cm³/mol. The smallest absolute Gasteiger partial charge is 0.181 e. The lowest BCUT2D eigenvalue weighted by molar-refractivity contribution is 0.520. The molecule has 124 valence electrons. The maximum atomic E-state index is 14.2. The molecule has 0 aliphatic heterocycles. The molecule has 2 aromatic carbocycles. The van der Waals surface area contributed by atoms with Gasteiger partial charge in [0.2, 0.25) is 0 Å². The molecule has 0 spiro atoms. The molecule has 5 heteroatoms. The van der Waals surface area contributed by atoms with Crippen molar-refractivity contribution in [3.63, 3.8) is 0 Å². The zero-order chi connectivity index (χ0) is 17.5. The van der Waals surface area contributed by atoms with E-state index in [0.717, 1.165) is 40.7 Å². The molecule has 1 aliphatic rings. The van der Waals surface area contributed by atoms with Crippen molar-refractivity contribution in [3.05, 3.63) is 76.9 Å². The van der Waals surface area contributed by atoms with E-state index < -0.39 is 26.4 Å². The minimum absolute atomic E-state index is 0.359. The van der Waals surface area contributed by atoms with Crippen molar-refractivity contribution in [2.75, 3.05) is 6.26 Å². The van der Waals surface area contributed by atoms with Crippen molar-refractivity contribution < 1.29 is 17.2 Å². The Morgan fingerprint density at radius 2 is 1.54 bits per heavy atom. The van der Waals surface area contributed by atoms with Crippen LogP contribution in [0.2, 0.25) is 0 Å². The molecule has 0 saturated carbocycles. The molecule has 0 bridgehead atoms. The van der Waals surface area contributed by atoms with Crippen LogP contribution in [-0.2, 0) is 9.84 Å². The van der Waals surface area contributed by atoms with Crippen molar-refractivity contribution in [1.29, 1.82) is 0 Å². The Labute approximate surface area is 140 Å². The molecule has 0 radical (unpaired) electrons. The van der Waals surface area contributed by atoms with Crippen molar-refractivity contribution in [1.82, 2.24) is 0 Å². The fraction of sp³-hybridized carbons (Fsp3) is 0.158. The highest BCUT2D eigenvalue weighted by atomic mass is 32.2. The normalized spacial score (nSPS) is 14.5. The summed E-state index contributed by atoms with van der Waals surface area (Å²) in [4.78, 5) is -0.880. The average molecular weight is 346 g/mol. The third-order valence-electron chi connectivity index (χ3n) is 4.01. The third-order valence-corrected chi connectivity index (χ3v) is 5.14. The van der Waals surface area contributed by atoms with Gasteiger partial charge in [0.05, 0.1) is 0 Å². The molecule has 24 heavy (non-hydrogen) atoms. The molecule has 0 amide bonds. The van der Waals surface area contributed by atoms with Gasteiger partial charge in [-0.1, -0.05) is 42.0 Å². The van der Waals surface area contributed by atoms with E-state index in [-0.39, 0.29) is 0 Å². The highest BCUT2D eigenvalue weighted by Gasteiger charge is 2.23. The van der Waals surface area contributed by atoms with Crippen molar-refractivity contribution in [3.8, 4) is 0 Å². The van der Waals surface area contributed by atoms with E-state index in [1.165, 1.54) is 0 Å². The molecule has 2 aromatic rings. The van der Waals surface area contributed by atoms with E-state index in [9.17, 15) is 17.2 Å². The number of halogens is 2. The number of benzene rings is 2. The fourth-order valence-corrected chi connectivity index (χ4v) is 3.70. The third kappa shape index (κ3) is 3.04.